The Morgan fingerprint density at radius 3 is 2.38 bits per heavy atom. The molecule has 0 spiro atoms. The van der Waals surface area contributed by atoms with Gasteiger partial charge in [0.2, 0.25) is 0 Å². The minimum Gasteiger partial charge on any atom is -0.377 e. The van der Waals surface area contributed by atoms with Gasteiger partial charge in [-0.1, -0.05) is 50.3 Å². The Labute approximate surface area is 158 Å². The summed E-state index contributed by atoms with van der Waals surface area (Å²) < 4.78 is 24.4. The quantitative estimate of drug-likeness (QED) is 0.295. The van der Waals surface area contributed by atoms with Crippen molar-refractivity contribution in [2.45, 2.75) is 58.5 Å². The van der Waals surface area contributed by atoms with Crippen LogP contribution in [-0.4, -0.2) is 32.4 Å². The molecule has 26 heavy (non-hydrogen) atoms. The molecule has 1 aromatic rings. The molecule has 2 rings (SSSR count). The predicted molar refractivity (Wildman–Crippen MR) is 104 cm³/mol. The summed E-state index contributed by atoms with van der Waals surface area (Å²) in [6.45, 7) is 11.4. The van der Waals surface area contributed by atoms with Crippen LogP contribution in [0.1, 0.15) is 51.5 Å². The summed E-state index contributed by atoms with van der Waals surface area (Å²) in [5.74, 6) is -1.05. The lowest BCUT2D eigenvalue weighted by atomic mass is 9.76. The van der Waals surface area contributed by atoms with Gasteiger partial charge in [0.1, 0.15) is 0 Å². The second kappa shape index (κ2) is 10.8. The van der Waals surface area contributed by atoms with E-state index in [1.807, 2.05) is 24.3 Å². The molecular weight excluding hydrogens is 328 g/mol. The van der Waals surface area contributed by atoms with Gasteiger partial charge < -0.3 is 18.9 Å². The van der Waals surface area contributed by atoms with Crippen molar-refractivity contribution >= 4 is 0 Å². The summed E-state index contributed by atoms with van der Waals surface area (Å²) in [6.07, 6.45) is 6.45. The molecule has 1 fully saturated rings. The van der Waals surface area contributed by atoms with Crippen LogP contribution in [0, 0.1) is 5.41 Å². The molecule has 1 saturated heterocycles. The zero-order valence-electron chi connectivity index (χ0n) is 16.4. The van der Waals surface area contributed by atoms with Crippen LogP contribution in [0.3, 0.4) is 0 Å². The number of benzene rings is 1. The lowest BCUT2D eigenvalue weighted by molar-refractivity contribution is -0.436. The van der Waals surface area contributed by atoms with E-state index in [9.17, 15) is 0 Å². The molecule has 1 aliphatic heterocycles. The molecular formula is C22H34O4. The maximum Gasteiger partial charge on any atom is 0.292 e. The Balaban J connectivity index is 2.05. The van der Waals surface area contributed by atoms with Crippen molar-refractivity contribution in [2.24, 2.45) is 5.41 Å². The van der Waals surface area contributed by atoms with Crippen LogP contribution >= 0.6 is 0 Å². The van der Waals surface area contributed by atoms with E-state index in [2.05, 4.69) is 32.6 Å². The lowest BCUT2D eigenvalue weighted by Crippen LogP contribution is -2.57. The average Bonchev–Trinajstić information content (AvgIpc) is 2.70. The van der Waals surface area contributed by atoms with Crippen LogP contribution < -0.4 is 0 Å². The van der Waals surface area contributed by atoms with Crippen LogP contribution in [0.25, 0.3) is 0 Å². The summed E-state index contributed by atoms with van der Waals surface area (Å²) in [5, 5.41) is 0. The zero-order valence-corrected chi connectivity index (χ0v) is 16.4. The molecule has 0 amide bonds. The van der Waals surface area contributed by atoms with Crippen molar-refractivity contribution in [1.29, 1.82) is 0 Å². The van der Waals surface area contributed by atoms with E-state index >= 15 is 0 Å². The third-order valence-corrected chi connectivity index (χ3v) is 4.86. The van der Waals surface area contributed by atoms with Crippen molar-refractivity contribution in [3.8, 4) is 0 Å². The molecule has 1 aliphatic rings. The summed E-state index contributed by atoms with van der Waals surface area (Å²) in [5.41, 5.74) is 0.780. The van der Waals surface area contributed by atoms with Gasteiger partial charge >= 0.3 is 0 Å². The normalized spacial score (nSPS) is 22.2. The second-order valence-corrected chi connectivity index (χ2v) is 6.85. The minimum atomic E-state index is -1.05. The number of ether oxygens (including phenoxy) is 4. The fourth-order valence-electron chi connectivity index (χ4n) is 3.40. The second-order valence-electron chi connectivity index (χ2n) is 6.85. The van der Waals surface area contributed by atoms with Gasteiger partial charge in [0.25, 0.3) is 5.97 Å². The first-order valence-corrected chi connectivity index (χ1v) is 9.89. The maximum atomic E-state index is 6.17. The molecule has 0 aliphatic carbocycles. The summed E-state index contributed by atoms with van der Waals surface area (Å²) in [7, 11) is 0. The van der Waals surface area contributed by atoms with Gasteiger partial charge in [0, 0.05) is 6.61 Å². The van der Waals surface area contributed by atoms with Gasteiger partial charge in [-0.25, -0.2) is 0 Å². The smallest absolute Gasteiger partial charge is 0.292 e. The molecule has 0 N–H and O–H groups in total. The SMILES string of the molecule is C=CC1(CCOCc2ccccc2)CCCOC1(OCCC)OCCC. The van der Waals surface area contributed by atoms with Gasteiger partial charge in [-0.05, 0) is 37.7 Å². The third kappa shape index (κ3) is 5.17. The summed E-state index contributed by atoms with van der Waals surface area (Å²) in [6, 6.07) is 10.2. The van der Waals surface area contributed by atoms with Crippen LogP contribution in [0.5, 0.6) is 0 Å². The molecule has 1 heterocycles. The molecule has 4 nitrogen and oxygen atoms in total. The third-order valence-electron chi connectivity index (χ3n) is 4.86. The van der Waals surface area contributed by atoms with E-state index in [-0.39, 0.29) is 0 Å². The highest BCUT2D eigenvalue weighted by Gasteiger charge is 2.55. The highest BCUT2D eigenvalue weighted by atomic mass is 16.9. The lowest BCUT2D eigenvalue weighted by Gasteiger charge is -2.50. The van der Waals surface area contributed by atoms with E-state index in [0.29, 0.717) is 33.0 Å². The van der Waals surface area contributed by atoms with Crippen LogP contribution in [0.4, 0.5) is 0 Å². The molecule has 1 unspecified atom stereocenters. The Morgan fingerprint density at radius 1 is 1.08 bits per heavy atom. The number of hydrogen-bond acceptors (Lipinski definition) is 4. The Kier molecular flexibility index (Phi) is 8.79. The molecule has 146 valence electrons. The molecule has 0 bridgehead atoms. The largest absolute Gasteiger partial charge is 0.377 e. The summed E-state index contributed by atoms with van der Waals surface area (Å²) >= 11 is 0. The standard InChI is InChI=1S/C22H34O4/c1-4-15-24-22(25-16-5-2)21(6-3,13-10-17-26-22)14-18-23-19-20-11-8-7-9-12-20/h6-9,11-12H,3-5,10,13-19H2,1-2H3. The Morgan fingerprint density at radius 2 is 1.77 bits per heavy atom. The molecule has 0 saturated carbocycles. The maximum absolute atomic E-state index is 6.17. The molecule has 1 aromatic carbocycles. The van der Waals surface area contributed by atoms with Crippen LogP contribution in [0.2, 0.25) is 0 Å². The fraction of sp³-hybridized carbons (Fsp3) is 0.636. The van der Waals surface area contributed by atoms with Gasteiger partial charge in [-0.3, -0.25) is 0 Å². The highest BCUT2D eigenvalue weighted by molar-refractivity contribution is 5.13. The summed E-state index contributed by atoms with van der Waals surface area (Å²) in [4.78, 5) is 0. The first kappa shape index (κ1) is 21.1. The van der Waals surface area contributed by atoms with Crippen molar-refractivity contribution in [3.63, 3.8) is 0 Å². The van der Waals surface area contributed by atoms with E-state index in [1.54, 1.807) is 0 Å². The molecule has 4 heteroatoms. The van der Waals surface area contributed by atoms with Gasteiger partial charge in [-0.2, -0.15) is 0 Å². The van der Waals surface area contributed by atoms with Crippen LogP contribution in [0.15, 0.2) is 43.0 Å². The predicted octanol–water partition coefficient (Wildman–Crippen LogP) is 5.08. The zero-order chi connectivity index (χ0) is 18.7. The fourth-order valence-corrected chi connectivity index (χ4v) is 3.40. The van der Waals surface area contributed by atoms with Gasteiger partial charge in [0.15, 0.2) is 0 Å². The Hall–Kier alpha value is -1.20. The molecule has 0 aromatic heterocycles. The van der Waals surface area contributed by atoms with E-state index < -0.39 is 11.4 Å². The van der Waals surface area contributed by atoms with E-state index in [0.717, 1.165) is 32.1 Å². The topological polar surface area (TPSA) is 36.9 Å². The number of hydrogen-bond donors (Lipinski definition) is 0. The average molecular weight is 363 g/mol. The van der Waals surface area contributed by atoms with Crippen molar-refractivity contribution in [2.75, 3.05) is 26.4 Å². The van der Waals surface area contributed by atoms with E-state index in [4.69, 9.17) is 18.9 Å². The van der Waals surface area contributed by atoms with Crippen molar-refractivity contribution in [1.82, 2.24) is 0 Å². The Bertz CT molecular complexity index is 508. The first-order valence-electron chi connectivity index (χ1n) is 9.89. The number of rotatable bonds is 12. The first-order chi connectivity index (χ1) is 12.7. The monoisotopic (exact) mass is 362 g/mol. The van der Waals surface area contributed by atoms with Crippen molar-refractivity contribution in [3.05, 3.63) is 48.6 Å². The minimum absolute atomic E-state index is 0.397. The van der Waals surface area contributed by atoms with Crippen molar-refractivity contribution < 1.29 is 18.9 Å². The van der Waals surface area contributed by atoms with Gasteiger partial charge in [0.05, 0.1) is 31.8 Å². The van der Waals surface area contributed by atoms with Gasteiger partial charge in [-0.15, -0.1) is 6.58 Å². The molecule has 1 atom stereocenters. The highest BCUT2D eigenvalue weighted by Crippen LogP contribution is 2.48. The molecule has 0 radical (unpaired) electrons. The van der Waals surface area contributed by atoms with Crippen LogP contribution in [-0.2, 0) is 25.6 Å². The van der Waals surface area contributed by atoms with E-state index in [1.165, 1.54) is 5.56 Å².